The minimum absolute atomic E-state index is 0.908. The smallest absolute Gasteiger partial charge is 0.121 e. The van der Waals surface area contributed by atoms with Crippen molar-refractivity contribution in [2.24, 2.45) is 0 Å². The van der Waals surface area contributed by atoms with Crippen LogP contribution in [0.15, 0.2) is 72.8 Å². The van der Waals surface area contributed by atoms with Gasteiger partial charge in [0.25, 0.3) is 0 Å². The highest BCUT2D eigenvalue weighted by Crippen LogP contribution is 2.24. The van der Waals surface area contributed by atoms with E-state index in [1.807, 2.05) is 18.2 Å². The molecule has 0 aliphatic rings. The monoisotopic (exact) mass is 389 g/mol. The molecule has 0 spiro atoms. The predicted molar refractivity (Wildman–Crippen MR) is 126 cm³/mol. The van der Waals surface area contributed by atoms with E-state index in [2.05, 4.69) is 87.5 Å². The van der Waals surface area contributed by atoms with Crippen LogP contribution in [0.1, 0.15) is 27.8 Å². The summed E-state index contributed by atoms with van der Waals surface area (Å²) in [4.78, 5) is 1.74. The summed E-state index contributed by atoms with van der Waals surface area (Å²) in [6, 6.07) is 25.3. The van der Waals surface area contributed by atoms with Gasteiger partial charge >= 0.3 is 0 Å². The lowest BCUT2D eigenvalue weighted by Gasteiger charge is -2.06. The van der Waals surface area contributed by atoms with Crippen molar-refractivity contribution in [2.45, 2.75) is 20.8 Å². The Labute approximate surface area is 176 Å². The van der Waals surface area contributed by atoms with E-state index >= 15 is 0 Å². The van der Waals surface area contributed by atoms with Gasteiger partial charge in [0.15, 0.2) is 0 Å². The van der Waals surface area contributed by atoms with Crippen LogP contribution in [-0.4, -0.2) is 15.0 Å². The molecular formula is C27H23N3. The minimum atomic E-state index is 0.908. The molecule has 0 aliphatic carbocycles. The first kappa shape index (κ1) is 18.3. The van der Waals surface area contributed by atoms with Crippen molar-refractivity contribution >= 4 is 34.0 Å². The van der Waals surface area contributed by atoms with Gasteiger partial charge < -0.3 is 0 Å². The van der Waals surface area contributed by atoms with E-state index in [1.54, 1.807) is 4.80 Å². The Morgan fingerprint density at radius 1 is 0.700 bits per heavy atom. The lowest BCUT2D eigenvalue weighted by atomic mass is 10.0. The van der Waals surface area contributed by atoms with Gasteiger partial charge in [0, 0.05) is 5.39 Å². The first-order valence-electron chi connectivity index (χ1n) is 10.2. The molecule has 0 unspecified atom stereocenters. The molecule has 4 aromatic carbocycles. The van der Waals surface area contributed by atoms with Crippen molar-refractivity contribution in [3.8, 4) is 5.69 Å². The molecule has 5 aromatic rings. The molecule has 0 fully saturated rings. The first-order valence-corrected chi connectivity index (χ1v) is 10.2. The second-order valence-electron chi connectivity index (χ2n) is 7.88. The molecule has 0 N–H and O–H groups in total. The van der Waals surface area contributed by atoms with Gasteiger partial charge in [-0.2, -0.15) is 4.80 Å². The zero-order valence-corrected chi connectivity index (χ0v) is 17.4. The van der Waals surface area contributed by atoms with Gasteiger partial charge in [-0.1, -0.05) is 72.3 Å². The molecule has 0 aliphatic heterocycles. The van der Waals surface area contributed by atoms with Crippen LogP contribution >= 0.6 is 0 Å². The molecule has 0 amide bonds. The molecule has 3 nitrogen and oxygen atoms in total. The summed E-state index contributed by atoms with van der Waals surface area (Å²) in [5.74, 6) is 0. The van der Waals surface area contributed by atoms with Crippen LogP contribution in [0.2, 0.25) is 0 Å². The summed E-state index contributed by atoms with van der Waals surface area (Å²) in [6.07, 6.45) is 4.36. The second-order valence-corrected chi connectivity index (χ2v) is 7.88. The summed E-state index contributed by atoms with van der Waals surface area (Å²) < 4.78 is 0. The van der Waals surface area contributed by atoms with Crippen molar-refractivity contribution in [2.75, 3.05) is 0 Å². The van der Waals surface area contributed by atoms with E-state index in [1.165, 1.54) is 33.2 Å². The third-order valence-electron chi connectivity index (χ3n) is 5.63. The maximum Gasteiger partial charge on any atom is 0.121 e. The average molecular weight is 390 g/mol. The third-order valence-corrected chi connectivity index (χ3v) is 5.63. The largest absolute Gasteiger partial charge is 0.150 e. The van der Waals surface area contributed by atoms with Gasteiger partial charge in [-0.05, 0) is 66.6 Å². The van der Waals surface area contributed by atoms with Crippen molar-refractivity contribution in [3.05, 3.63) is 101 Å². The minimum Gasteiger partial charge on any atom is -0.150 e. The van der Waals surface area contributed by atoms with Crippen molar-refractivity contribution in [1.82, 2.24) is 15.0 Å². The van der Waals surface area contributed by atoms with Crippen LogP contribution in [-0.2, 0) is 0 Å². The molecule has 0 bridgehead atoms. The lowest BCUT2D eigenvalue weighted by Crippen LogP contribution is -1.99. The quantitative estimate of drug-likeness (QED) is 0.323. The molecule has 0 saturated heterocycles. The Balaban J connectivity index is 1.50. The number of hydrogen-bond donors (Lipinski definition) is 0. The van der Waals surface area contributed by atoms with Crippen LogP contribution < -0.4 is 0 Å². The predicted octanol–water partition coefficient (Wildman–Crippen LogP) is 6.67. The van der Waals surface area contributed by atoms with Crippen molar-refractivity contribution in [1.29, 1.82) is 0 Å². The number of rotatable bonds is 3. The fraction of sp³-hybridized carbons (Fsp3) is 0.111. The van der Waals surface area contributed by atoms with Crippen molar-refractivity contribution < 1.29 is 0 Å². The molecule has 146 valence electrons. The molecule has 1 aromatic heterocycles. The molecule has 30 heavy (non-hydrogen) atoms. The maximum absolute atomic E-state index is 4.78. The Morgan fingerprint density at radius 2 is 1.43 bits per heavy atom. The van der Waals surface area contributed by atoms with E-state index in [4.69, 9.17) is 10.2 Å². The number of benzene rings is 4. The zero-order chi connectivity index (χ0) is 20.7. The number of hydrogen-bond acceptors (Lipinski definition) is 2. The molecule has 5 rings (SSSR count). The topological polar surface area (TPSA) is 30.7 Å². The normalized spacial score (nSPS) is 11.7. The maximum atomic E-state index is 4.78. The summed E-state index contributed by atoms with van der Waals surface area (Å²) in [5.41, 5.74) is 9.03. The fourth-order valence-corrected chi connectivity index (χ4v) is 3.93. The van der Waals surface area contributed by atoms with E-state index in [9.17, 15) is 0 Å². The average Bonchev–Trinajstić information content (AvgIpc) is 3.19. The Hall–Kier alpha value is -3.72. The van der Waals surface area contributed by atoms with Crippen molar-refractivity contribution in [3.63, 3.8) is 0 Å². The number of aromatic nitrogens is 3. The highest BCUT2D eigenvalue weighted by atomic mass is 15.5. The van der Waals surface area contributed by atoms with Crippen LogP contribution in [0, 0.1) is 20.8 Å². The highest BCUT2D eigenvalue weighted by Gasteiger charge is 2.09. The lowest BCUT2D eigenvalue weighted by molar-refractivity contribution is 0.765. The van der Waals surface area contributed by atoms with Gasteiger partial charge in [0.2, 0.25) is 0 Å². The van der Waals surface area contributed by atoms with Gasteiger partial charge in [-0.15, -0.1) is 10.2 Å². The van der Waals surface area contributed by atoms with Crippen LogP contribution in [0.25, 0.3) is 39.6 Å². The second kappa shape index (κ2) is 7.27. The van der Waals surface area contributed by atoms with E-state index in [0.29, 0.717) is 0 Å². The SMILES string of the molecule is Cc1ccc(C=Cc2ccc(-n3nc4ccc5ccccc5c4n3)cc2C)c(C)c1. The summed E-state index contributed by atoms with van der Waals surface area (Å²) in [5, 5.41) is 11.8. The Morgan fingerprint density at radius 3 is 2.20 bits per heavy atom. The molecule has 3 heteroatoms. The van der Waals surface area contributed by atoms with Crippen LogP contribution in [0.4, 0.5) is 0 Å². The van der Waals surface area contributed by atoms with E-state index in [-0.39, 0.29) is 0 Å². The van der Waals surface area contributed by atoms with Crippen LogP contribution in [0.3, 0.4) is 0 Å². The summed E-state index contributed by atoms with van der Waals surface area (Å²) in [7, 11) is 0. The van der Waals surface area contributed by atoms with Gasteiger partial charge in [-0.25, -0.2) is 0 Å². The summed E-state index contributed by atoms with van der Waals surface area (Å²) >= 11 is 0. The zero-order valence-electron chi connectivity index (χ0n) is 17.4. The van der Waals surface area contributed by atoms with Crippen LogP contribution in [0.5, 0.6) is 0 Å². The van der Waals surface area contributed by atoms with E-state index in [0.717, 1.165) is 22.1 Å². The first-order chi connectivity index (χ1) is 14.6. The Kier molecular flexibility index (Phi) is 4.44. The molecular weight excluding hydrogens is 366 g/mol. The third kappa shape index (κ3) is 3.29. The number of aryl methyl sites for hydroxylation is 3. The molecule has 1 heterocycles. The fourth-order valence-electron chi connectivity index (χ4n) is 3.93. The number of fused-ring (bicyclic) bond motifs is 3. The number of nitrogens with zero attached hydrogens (tertiary/aromatic N) is 3. The highest BCUT2D eigenvalue weighted by molar-refractivity contribution is 6.03. The molecule has 0 saturated carbocycles. The van der Waals surface area contributed by atoms with Gasteiger partial charge in [0.05, 0.1) is 5.69 Å². The molecule has 0 radical (unpaired) electrons. The van der Waals surface area contributed by atoms with E-state index < -0.39 is 0 Å². The molecule has 0 atom stereocenters. The van der Waals surface area contributed by atoms with Gasteiger partial charge in [-0.3, -0.25) is 0 Å². The summed E-state index contributed by atoms with van der Waals surface area (Å²) in [6.45, 7) is 6.41. The Bertz CT molecular complexity index is 1420. The standard InChI is InChI=1S/C27H23N3/c1-18-8-9-21(19(2)16-18)10-11-22-12-14-24(17-20(22)3)30-28-26-15-13-23-6-4-5-7-25(23)27(26)29-30/h4-17H,1-3H3. The van der Waals surface area contributed by atoms with Gasteiger partial charge in [0.1, 0.15) is 11.0 Å².